The monoisotopic (exact) mass is 479 g/mol. The fraction of sp³-hybridized carbons (Fsp3) is 0.400. The second kappa shape index (κ2) is 9.89. The van der Waals surface area contributed by atoms with Crippen molar-refractivity contribution in [3.05, 3.63) is 58.9 Å². The number of pyridine rings is 1. The van der Waals surface area contributed by atoms with Gasteiger partial charge in [-0.15, -0.1) is 11.3 Å². The highest BCUT2D eigenvalue weighted by Gasteiger charge is 2.40. The number of thiophene rings is 1. The number of fused-ring (bicyclic) bond motifs is 1. The molecule has 1 fully saturated rings. The molecule has 1 atom stereocenters. The van der Waals surface area contributed by atoms with Gasteiger partial charge in [-0.1, -0.05) is 13.8 Å². The Kier molecular flexibility index (Phi) is 6.92. The Balaban J connectivity index is 0.00000133. The summed E-state index contributed by atoms with van der Waals surface area (Å²) in [5.74, 6) is 0.677. The lowest BCUT2D eigenvalue weighted by Gasteiger charge is -2.33. The van der Waals surface area contributed by atoms with Crippen molar-refractivity contribution < 1.29 is 14.3 Å². The van der Waals surface area contributed by atoms with E-state index in [9.17, 15) is 9.59 Å². The van der Waals surface area contributed by atoms with Gasteiger partial charge in [-0.2, -0.15) is 0 Å². The number of hydrogen-bond donors (Lipinski definition) is 1. The van der Waals surface area contributed by atoms with E-state index in [2.05, 4.69) is 20.3 Å². The number of carbonyl (C=O) groups excluding carboxylic acids is 2. The maximum atomic E-state index is 13.3. The van der Waals surface area contributed by atoms with Crippen LogP contribution in [0.5, 0.6) is 0 Å². The summed E-state index contributed by atoms with van der Waals surface area (Å²) in [6.07, 6.45) is 6.78. The molecule has 1 saturated heterocycles. The van der Waals surface area contributed by atoms with Crippen LogP contribution in [0.3, 0.4) is 0 Å². The first-order valence-corrected chi connectivity index (χ1v) is 12.5. The maximum Gasteiger partial charge on any atom is 0.343 e. The molecule has 5 heterocycles. The van der Waals surface area contributed by atoms with Crippen LogP contribution in [-0.4, -0.2) is 50.9 Å². The number of nitrogens with one attached hydrogen (secondary N) is 1. The van der Waals surface area contributed by atoms with Crippen LogP contribution in [-0.2, 0) is 10.3 Å². The number of ether oxygens (including phenoxy) is 1. The van der Waals surface area contributed by atoms with Gasteiger partial charge >= 0.3 is 5.97 Å². The second-order valence-electron chi connectivity index (χ2n) is 8.45. The van der Waals surface area contributed by atoms with Crippen molar-refractivity contribution in [3.8, 4) is 10.7 Å². The van der Waals surface area contributed by atoms with Gasteiger partial charge in [-0.05, 0) is 50.3 Å². The van der Waals surface area contributed by atoms with E-state index < -0.39 is 5.60 Å². The maximum absolute atomic E-state index is 13.3. The van der Waals surface area contributed by atoms with Crippen molar-refractivity contribution in [1.29, 1.82) is 0 Å². The minimum Gasteiger partial charge on any atom is -0.451 e. The van der Waals surface area contributed by atoms with Crippen LogP contribution in [0.25, 0.3) is 10.7 Å². The zero-order chi connectivity index (χ0) is 24.3. The molecule has 2 aliphatic rings. The highest BCUT2D eigenvalue weighted by molar-refractivity contribution is 7.14. The van der Waals surface area contributed by atoms with Gasteiger partial charge in [0, 0.05) is 43.3 Å². The Hall–Kier alpha value is -3.33. The van der Waals surface area contributed by atoms with Gasteiger partial charge in [0.05, 0.1) is 10.4 Å². The fourth-order valence-corrected chi connectivity index (χ4v) is 5.16. The average Bonchev–Trinajstić information content (AvgIpc) is 3.43. The summed E-state index contributed by atoms with van der Waals surface area (Å²) in [5.41, 5.74) is 1.26. The summed E-state index contributed by atoms with van der Waals surface area (Å²) in [6, 6.07) is 5.40. The zero-order valence-electron chi connectivity index (χ0n) is 19.9. The molecule has 0 aromatic carbocycles. The molecular formula is C25H29N5O3S. The third-order valence-corrected chi connectivity index (χ3v) is 6.78. The van der Waals surface area contributed by atoms with Gasteiger partial charge in [0.25, 0.3) is 5.91 Å². The molecule has 2 aliphatic heterocycles. The zero-order valence-corrected chi connectivity index (χ0v) is 20.7. The predicted octanol–water partition coefficient (Wildman–Crippen LogP) is 4.75. The van der Waals surface area contributed by atoms with Crippen LogP contribution in [0.2, 0.25) is 0 Å². The number of aromatic nitrogens is 3. The van der Waals surface area contributed by atoms with Gasteiger partial charge in [-0.3, -0.25) is 4.79 Å². The van der Waals surface area contributed by atoms with Crippen LogP contribution in [0.4, 0.5) is 5.82 Å². The van der Waals surface area contributed by atoms with E-state index in [1.165, 1.54) is 11.3 Å². The quantitative estimate of drug-likeness (QED) is 0.539. The smallest absolute Gasteiger partial charge is 0.343 e. The van der Waals surface area contributed by atoms with Crippen LogP contribution in [0.15, 0.2) is 42.2 Å². The number of carbonyl (C=O) groups is 2. The van der Waals surface area contributed by atoms with Crippen molar-refractivity contribution in [1.82, 2.24) is 19.9 Å². The lowest BCUT2D eigenvalue weighted by molar-refractivity contribution is 0.00956. The van der Waals surface area contributed by atoms with E-state index in [1.54, 1.807) is 24.7 Å². The Morgan fingerprint density at radius 1 is 1.18 bits per heavy atom. The average molecular weight is 480 g/mol. The lowest BCUT2D eigenvalue weighted by Crippen LogP contribution is -2.45. The van der Waals surface area contributed by atoms with Crippen LogP contribution >= 0.6 is 11.3 Å². The first-order chi connectivity index (χ1) is 16.4. The number of esters is 1. The normalized spacial score (nSPS) is 18.4. The molecule has 0 spiro atoms. The molecule has 9 heteroatoms. The van der Waals surface area contributed by atoms with E-state index >= 15 is 0 Å². The summed E-state index contributed by atoms with van der Waals surface area (Å²) in [6.45, 7) is 8.94. The molecule has 1 N–H and O–H groups in total. The number of cyclic esters (lactones) is 1. The largest absolute Gasteiger partial charge is 0.451 e. The molecule has 34 heavy (non-hydrogen) atoms. The molecule has 5 rings (SSSR count). The minimum atomic E-state index is -0.671. The highest BCUT2D eigenvalue weighted by atomic mass is 32.1. The van der Waals surface area contributed by atoms with E-state index in [0.717, 1.165) is 23.3 Å². The van der Waals surface area contributed by atoms with Gasteiger partial charge in [-0.25, -0.2) is 19.7 Å². The van der Waals surface area contributed by atoms with Crippen molar-refractivity contribution in [2.75, 3.05) is 18.4 Å². The first kappa shape index (κ1) is 23.8. The van der Waals surface area contributed by atoms with Gasteiger partial charge in [0.1, 0.15) is 17.0 Å². The van der Waals surface area contributed by atoms with Crippen LogP contribution < -0.4 is 5.32 Å². The van der Waals surface area contributed by atoms with Gasteiger partial charge < -0.3 is 15.0 Å². The summed E-state index contributed by atoms with van der Waals surface area (Å²) >= 11 is 1.46. The molecule has 0 bridgehead atoms. The summed E-state index contributed by atoms with van der Waals surface area (Å²) < 4.78 is 5.52. The second-order valence-corrected chi connectivity index (χ2v) is 9.37. The lowest BCUT2D eigenvalue weighted by atomic mass is 9.97. The molecule has 3 aromatic rings. The number of hydrogen-bond acceptors (Lipinski definition) is 8. The summed E-state index contributed by atoms with van der Waals surface area (Å²) in [4.78, 5) is 41.4. The Labute approximate surface area is 203 Å². The van der Waals surface area contributed by atoms with Crippen molar-refractivity contribution >= 4 is 29.0 Å². The molecule has 0 radical (unpaired) electrons. The topological polar surface area (TPSA) is 97.3 Å². The van der Waals surface area contributed by atoms with Crippen molar-refractivity contribution in [3.63, 3.8) is 0 Å². The molecule has 0 saturated carbocycles. The van der Waals surface area contributed by atoms with E-state index in [1.807, 2.05) is 50.1 Å². The molecule has 8 nitrogen and oxygen atoms in total. The molecule has 1 unspecified atom stereocenters. The van der Waals surface area contributed by atoms with Crippen molar-refractivity contribution in [2.24, 2.45) is 0 Å². The van der Waals surface area contributed by atoms with Gasteiger partial charge in [0.2, 0.25) is 0 Å². The number of likely N-dealkylation sites (tertiary alicyclic amines) is 1. The first-order valence-electron chi connectivity index (χ1n) is 11.6. The predicted molar refractivity (Wildman–Crippen MR) is 132 cm³/mol. The number of nitrogens with zero attached hydrogens (tertiary/aromatic N) is 4. The van der Waals surface area contributed by atoms with E-state index in [0.29, 0.717) is 35.9 Å². The Morgan fingerprint density at radius 3 is 2.71 bits per heavy atom. The fourth-order valence-electron chi connectivity index (χ4n) is 4.33. The molecule has 178 valence electrons. The molecule has 0 aliphatic carbocycles. The Bertz CT molecular complexity index is 1180. The number of anilines is 1. The number of piperidine rings is 1. The Morgan fingerprint density at radius 2 is 1.94 bits per heavy atom. The highest BCUT2D eigenvalue weighted by Crippen LogP contribution is 2.38. The third kappa shape index (κ3) is 4.52. The SMILES string of the molecule is CC.CC1(C)OC(=O)c2c1ccnc2NC1CCCN(C(=O)c2ccsc2-c2ncccn2)C1. The number of rotatable bonds is 4. The molecule has 3 aromatic heterocycles. The van der Waals surface area contributed by atoms with Crippen molar-refractivity contribution in [2.45, 2.75) is 52.2 Å². The summed E-state index contributed by atoms with van der Waals surface area (Å²) in [5, 5.41) is 5.29. The van der Waals surface area contributed by atoms with E-state index in [-0.39, 0.29) is 17.9 Å². The summed E-state index contributed by atoms with van der Waals surface area (Å²) in [7, 11) is 0. The molecular weight excluding hydrogens is 450 g/mol. The standard InChI is InChI=1S/C23H23N5O3S.C2H6/c1-23(2)16-6-10-26-19(17(16)22(30)31-23)27-14-5-3-11-28(13-14)21(29)15-7-12-32-18(15)20-24-8-4-9-25-20;1-2/h4,6-10,12,14H,3,5,11,13H2,1-2H3,(H,26,27);1-2H3. The van der Waals surface area contributed by atoms with Crippen LogP contribution in [0, 0.1) is 0 Å². The third-order valence-electron chi connectivity index (χ3n) is 5.87. The van der Waals surface area contributed by atoms with Gasteiger partial charge in [0.15, 0.2) is 5.82 Å². The van der Waals surface area contributed by atoms with Crippen LogP contribution in [0.1, 0.15) is 66.8 Å². The van der Waals surface area contributed by atoms with E-state index in [4.69, 9.17) is 4.74 Å². The minimum absolute atomic E-state index is 0.0155. The molecule has 1 amide bonds. The number of amides is 1.